The van der Waals surface area contributed by atoms with Crippen LogP contribution >= 0.6 is 11.3 Å². The number of hydrogen-bond acceptors (Lipinski definition) is 3. The molecule has 1 aromatic rings. The van der Waals surface area contributed by atoms with Crippen LogP contribution in [0.3, 0.4) is 0 Å². The maximum atomic E-state index is 5.90. The van der Waals surface area contributed by atoms with Crippen molar-refractivity contribution < 1.29 is 0 Å². The molecule has 0 aromatic carbocycles. The Morgan fingerprint density at radius 3 is 3.00 bits per heavy atom. The van der Waals surface area contributed by atoms with E-state index in [9.17, 15) is 0 Å². The zero-order valence-electron chi connectivity index (χ0n) is 8.86. The molecule has 0 spiro atoms. The van der Waals surface area contributed by atoms with Crippen LogP contribution < -0.4 is 5.73 Å². The average molecular weight is 210 g/mol. The molecule has 1 aromatic heterocycles. The van der Waals surface area contributed by atoms with E-state index in [1.165, 1.54) is 17.1 Å². The van der Waals surface area contributed by atoms with Gasteiger partial charge in [0.05, 0.1) is 10.7 Å². The highest BCUT2D eigenvalue weighted by atomic mass is 32.1. The van der Waals surface area contributed by atoms with Gasteiger partial charge in [0.15, 0.2) is 0 Å². The molecule has 14 heavy (non-hydrogen) atoms. The fourth-order valence-corrected chi connectivity index (χ4v) is 2.74. The lowest BCUT2D eigenvalue weighted by Crippen LogP contribution is -2.21. The first-order valence-electron chi connectivity index (χ1n) is 5.40. The van der Waals surface area contributed by atoms with E-state index in [0.717, 1.165) is 24.7 Å². The molecule has 1 saturated carbocycles. The van der Waals surface area contributed by atoms with Gasteiger partial charge in [-0.2, -0.15) is 0 Å². The molecule has 0 amide bonds. The van der Waals surface area contributed by atoms with Crippen LogP contribution in [0.25, 0.3) is 0 Å². The van der Waals surface area contributed by atoms with Crippen molar-refractivity contribution >= 4 is 11.3 Å². The average Bonchev–Trinajstić information content (AvgIpc) is 2.73. The van der Waals surface area contributed by atoms with Gasteiger partial charge < -0.3 is 5.73 Å². The molecule has 2 rings (SSSR count). The van der Waals surface area contributed by atoms with Gasteiger partial charge in [-0.25, -0.2) is 4.98 Å². The van der Waals surface area contributed by atoms with Gasteiger partial charge in [0, 0.05) is 23.8 Å². The quantitative estimate of drug-likeness (QED) is 0.829. The Bertz CT molecular complexity index is 308. The van der Waals surface area contributed by atoms with Crippen molar-refractivity contribution in [2.24, 2.45) is 11.7 Å². The van der Waals surface area contributed by atoms with Crippen LogP contribution in [0.5, 0.6) is 0 Å². The number of nitrogens with zero attached hydrogens (tertiary/aromatic N) is 1. The second-order valence-corrected chi connectivity index (χ2v) is 5.26. The van der Waals surface area contributed by atoms with Gasteiger partial charge in [0.2, 0.25) is 0 Å². The highest BCUT2D eigenvalue weighted by Gasteiger charge is 2.36. The molecule has 3 unspecified atom stereocenters. The molecule has 0 radical (unpaired) electrons. The van der Waals surface area contributed by atoms with Gasteiger partial charge in [0.1, 0.15) is 0 Å². The normalized spacial score (nSPS) is 27.6. The van der Waals surface area contributed by atoms with Crippen LogP contribution in [0.15, 0.2) is 5.38 Å². The smallest absolute Gasteiger partial charge is 0.0962 e. The molecular weight excluding hydrogens is 192 g/mol. The Morgan fingerprint density at radius 2 is 2.43 bits per heavy atom. The lowest BCUT2D eigenvalue weighted by molar-refractivity contribution is 0.637. The summed E-state index contributed by atoms with van der Waals surface area (Å²) in [6.45, 7) is 4.42. The Hall–Kier alpha value is -0.410. The molecule has 1 aliphatic carbocycles. The SMILES string of the molecule is CCC(N)Cc1csc(C2CC2C)n1. The molecule has 1 heterocycles. The number of nitrogens with two attached hydrogens (primary N) is 1. The summed E-state index contributed by atoms with van der Waals surface area (Å²) in [6, 6.07) is 0.279. The first-order chi connectivity index (χ1) is 6.70. The summed E-state index contributed by atoms with van der Waals surface area (Å²) >= 11 is 1.81. The summed E-state index contributed by atoms with van der Waals surface area (Å²) in [5, 5.41) is 3.51. The Labute approximate surface area is 89.5 Å². The zero-order chi connectivity index (χ0) is 10.1. The summed E-state index contributed by atoms with van der Waals surface area (Å²) in [7, 11) is 0. The first kappa shape index (κ1) is 10.1. The molecular formula is C11H18N2S. The number of thiazole rings is 1. The Kier molecular flexibility index (Phi) is 2.88. The topological polar surface area (TPSA) is 38.9 Å². The van der Waals surface area contributed by atoms with Crippen LogP contribution in [0.1, 0.15) is 43.3 Å². The maximum absolute atomic E-state index is 5.90. The van der Waals surface area contributed by atoms with Gasteiger partial charge in [-0.3, -0.25) is 0 Å². The summed E-state index contributed by atoms with van der Waals surface area (Å²) in [5.74, 6) is 1.61. The van der Waals surface area contributed by atoms with E-state index in [4.69, 9.17) is 5.73 Å². The van der Waals surface area contributed by atoms with Crippen LogP contribution in [0.2, 0.25) is 0 Å². The Morgan fingerprint density at radius 1 is 1.71 bits per heavy atom. The van der Waals surface area contributed by atoms with E-state index in [1.807, 2.05) is 11.3 Å². The lowest BCUT2D eigenvalue weighted by atomic mass is 10.1. The molecule has 3 atom stereocenters. The van der Waals surface area contributed by atoms with Crippen molar-refractivity contribution in [1.29, 1.82) is 0 Å². The predicted octanol–water partition coefficient (Wildman–Crippen LogP) is 2.55. The van der Waals surface area contributed by atoms with Crippen LogP contribution in [-0.2, 0) is 6.42 Å². The third kappa shape index (κ3) is 2.15. The first-order valence-corrected chi connectivity index (χ1v) is 6.28. The molecule has 1 fully saturated rings. The van der Waals surface area contributed by atoms with E-state index in [0.29, 0.717) is 0 Å². The third-order valence-corrected chi connectivity index (χ3v) is 4.02. The zero-order valence-corrected chi connectivity index (χ0v) is 9.68. The lowest BCUT2D eigenvalue weighted by Gasteiger charge is -2.04. The minimum Gasteiger partial charge on any atom is -0.327 e. The van der Waals surface area contributed by atoms with Crippen LogP contribution in [-0.4, -0.2) is 11.0 Å². The summed E-state index contributed by atoms with van der Waals surface area (Å²) < 4.78 is 0. The molecule has 3 heteroatoms. The second-order valence-electron chi connectivity index (χ2n) is 4.37. The molecule has 2 N–H and O–H groups in total. The minimum atomic E-state index is 0.279. The van der Waals surface area contributed by atoms with Gasteiger partial charge in [-0.1, -0.05) is 13.8 Å². The van der Waals surface area contributed by atoms with E-state index >= 15 is 0 Å². The van der Waals surface area contributed by atoms with E-state index in [-0.39, 0.29) is 6.04 Å². The van der Waals surface area contributed by atoms with Gasteiger partial charge in [-0.05, 0) is 18.8 Å². The van der Waals surface area contributed by atoms with Crippen LogP contribution in [0, 0.1) is 5.92 Å². The summed E-state index contributed by atoms with van der Waals surface area (Å²) in [4.78, 5) is 4.65. The van der Waals surface area contributed by atoms with Gasteiger partial charge in [-0.15, -0.1) is 11.3 Å². The highest BCUT2D eigenvalue weighted by molar-refractivity contribution is 7.09. The third-order valence-electron chi connectivity index (χ3n) is 2.99. The van der Waals surface area contributed by atoms with Crippen molar-refractivity contribution in [3.05, 3.63) is 16.1 Å². The molecule has 78 valence electrons. The van der Waals surface area contributed by atoms with Crippen molar-refractivity contribution in [3.63, 3.8) is 0 Å². The fourth-order valence-electron chi connectivity index (χ4n) is 1.67. The van der Waals surface area contributed by atoms with E-state index < -0.39 is 0 Å². The molecule has 0 saturated heterocycles. The maximum Gasteiger partial charge on any atom is 0.0962 e. The van der Waals surface area contributed by atoms with Crippen molar-refractivity contribution in [3.8, 4) is 0 Å². The molecule has 0 bridgehead atoms. The van der Waals surface area contributed by atoms with E-state index in [1.54, 1.807) is 0 Å². The van der Waals surface area contributed by atoms with Crippen molar-refractivity contribution in [2.75, 3.05) is 0 Å². The number of hydrogen-bond donors (Lipinski definition) is 1. The van der Waals surface area contributed by atoms with Gasteiger partial charge in [0.25, 0.3) is 0 Å². The molecule has 2 nitrogen and oxygen atoms in total. The standard InChI is InChI=1S/C11H18N2S/c1-3-8(12)5-9-6-14-11(13-9)10-4-7(10)2/h6-8,10H,3-5,12H2,1-2H3. The largest absolute Gasteiger partial charge is 0.327 e. The fraction of sp³-hybridized carbons (Fsp3) is 0.727. The number of rotatable bonds is 4. The molecule has 0 aliphatic heterocycles. The monoisotopic (exact) mass is 210 g/mol. The second kappa shape index (κ2) is 3.99. The molecule has 1 aliphatic rings. The Balaban J connectivity index is 1.96. The summed E-state index contributed by atoms with van der Waals surface area (Å²) in [5.41, 5.74) is 7.09. The van der Waals surface area contributed by atoms with E-state index in [2.05, 4.69) is 24.2 Å². The summed E-state index contributed by atoms with van der Waals surface area (Å²) in [6.07, 6.45) is 3.30. The minimum absolute atomic E-state index is 0.279. The highest BCUT2D eigenvalue weighted by Crippen LogP contribution is 2.47. The van der Waals surface area contributed by atoms with Crippen molar-refractivity contribution in [2.45, 2.75) is 45.1 Å². The predicted molar refractivity (Wildman–Crippen MR) is 60.6 cm³/mol. The number of aromatic nitrogens is 1. The van der Waals surface area contributed by atoms with Gasteiger partial charge >= 0.3 is 0 Å². The van der Waals surface area contributed by atoms with Crippen molar-refractivity contribution in [1.82, 2.24) is 4.98 Å². The van der Waals surface area contributed by atoms with Crippen LogP contribution in [0.4, 0.5) is 0 Å².